The van der Waals surface area contributed by atoms with Gasteiger partial charge in [0, 0.05) is 26.2 Å². The fourth-order valence-electron chi connectivity index (χ4n) is 1.68. The predicted octanol–water partition coefficient (Wildman–Crippen LogP) is 1.02. The highest BCUT2D eigenvalue weighted by molar-refractivity contribution is 5.74. The Morgan fingerprint density at radius 2 is 2.12 bits per heavy atom. The summed E-state index contributed by atoms with van der Waals surface area (Å²) in [5, 5.41) is 8.83. The van der Waals surface area contributed by atoms with Crippen LogP contribution >= 0.6 is 0 Å². The average Bonchev–Trinajstić information content (AvgIpc) is 2.20. The lowest BCUT2D eigenvalue weighted by Gasteiger charge is -2.20. The smallest absolute Gasteiger partial charge is 0.320 e. The molecule has 0 bridgehead atoms. The van der Waals surface area contributed by atoms with E-state index in [9.17, 15) is 4.79 Å². The third-order valence-corrected chi connectivity index (χ3v) is 2.61. The highest BCUT2D eigenvalue weighted by Crippen LogP contribution is 2.23. The van der Waals surface area contributed by atoms with E-state index in [1.165, 1.54) is 0 Å². The van der Waals surface area contributed by atoms with Gasteiger partial charge in [-0.15, -0.1) is 0 Å². The summed E-state index contributed by atoms with van der Waals surface area (Å²) in [6.45, 7) is 1.97. The summed E-state index contributed by atoms with van der Waals surface area (Å²) in [7, 11) is 3.87. The molecule has 0 aromatic heterocycles. The third-order valence-electron chi connectivity index (χ3n) is 2.61. The summed E-state index contributed by atoms with van der Waals surface area (Å²) in [5.41, 5.74) is 8.67. The molecule has 0 saturated heterocycles. The van der Waals surface area contributed by atoms with Crippen molar-refractivity contribution in [3.05, 3.63) is 29.3 Å². The van der Waals surface area contributed by atoms with Crippen molar-refractivity contribution in [3.63, 3.8) is 0 Å². The second-order valence-corrected chi connectivity index (χ2v) is 4.12. The Morgan fingerprint density at radius 3 is 2.62 bits per heavy atom. The Morgan fingerprint density at radius 1 is 1.50 bits per heavy atom. The van der Waals surface area contributed by atoms with Gasteiger partial charge >= 0.3 is 5.97 Å². The van der Waals surface area contributed by atoms with E-state index in [-0.39, 0.29) is 0 Å². The van der Waals surface area contributed by atoms with Crippen molar-refractivity contribution >= 4 is 11.7 Å². The second-order valence-electron chi connectivity index (χ2n) is 4.12. The van der Waals surface area contributed by atoms with Crippen LogP contribution in [0.2, 0.25) is 0 Å². The van der Waals surface area contributed by atoms with E-state index >= 15 is 0 Å². The van der Waals surface area contributed by atoms with Crippen LogP contribution in [-0.4, -0.2) is 31.2 Å². The van der Waals surface area contributed by atoms with Gasteiger partial charge in [0.1, 0.15) is 6.04 Å². The van der Waals surface area contributed by atoms with Crippen molar-refractivity contribution in [2.75, 3.05) is 19.0 Å². The number of hydrogen-bond acceptors (Lipinski definition) is 3. The molecule has 0 fully saturated rings. The number of anilines is 1. The topological polar surface area (TPSA) is 66.6 Å². The molecule has 0 radical (unpaired) electrons. The Kier molecular flexibility index (Phi) is 3.90. The van der Waals surface area contributed by atoms with Crippen LogP contribution in [0.15, 0.2) is 18.2 Å². The first-order valence-corrected chi connectivity index (χ1v) is 5.17. The molecular weight excluding hydrogens is 204 g/mol. The Bertz CT molecular complexity index is 389. The number of carboxylic acid groups (broad SMARTS) is 1. The van der Waals surface area contributed by atoms with Crippen molar-refractivity contribution in [2.24, 2.45) is 5.73 Å². The van der Waals surface area contributed by atoms with Gasteiger partial charge in [0.15, 0.2) is 0 Å². The lowest BCUT2D eigenvalue weighted by Crippen LogP contribution is -2.33. The zero-order chi connectivity index (χ0) is 12.3. The van der Waals surface area contributed by atoms with Crippen LogP contribution in [0.1, 0.15) is 11.1 Å². The van der Waals surface area contributed by atoms with Crippen molar-refractivity contribution in [2.45, 2.75) is 19.4 Å². The van der Waals surface area contributed by atoms with Gasteiger partial charge in [-0.25, -0.2) is 0 Å². The number of nitrogens with two attached hydrogens (primary N) is 1. The van der Waals surface area contributed by atoms with Gasteiger partial charge in [-0.3, -0.25) is 4.79 Å². The first kappa shape index (κ1) is 12.5. The van der Waals surface area contributed by atoms with E-state index in [0.717, 1.165) is 16.8 Å². The van der Waals surface area contributed by atoms with Crippen LogP contribution < -0.4 is 10.6 Å². The highest BCUT2D eigenvalue weighted by Gasteiger charge is 2.16. The molecule has 1 rings (SSSR count). The van der Waals surface area contributed by atoms with Crippen LogP contribution in [0.5, 0.6) is 0 Å². The Labute approximate surface area is 95.7 Å². The molecule has 0 aliphatic heterocycles. The monoisotopic (exact) mass is 222 g/mol. The summed E-state index contributed by atoms with van der Waals surface area (Å²) in [6.07, 6.45) is 0.357. The molecule has 1 atom stereocenters. The highest BCUT2D eigenvalue weighted by atomic mass is 16.4. The first-order chi connectivity index (χ1) is 7.43. The molecule has 0 aliphatic carbocycles. The molecule has 0 aliphatic rings. The minimum absolute atomic E-state index is 0.357. The van der Waals surface area contributed by atoms with Crippen molar-refractivity contribution < 1.29 is 9.90 Å². The van der Waals surface area contributed by atoms with E-state index in [1.807, 2.05) is 44.1 Å². The van der Waals surface area contributed by atoms with Crippen LogP contribution in [-0.2, 0) is 11.2 Å². The molecule has 0 saturated carbocycles. The maximum absolute atomic E-state index is 10.8. The molecule has 1 unspecified atom stereocenters. The minimum atomic E-state index is -0.965. The number of carboxylic acids is 1. The van der Waals surface area contributed by atoms with Crippen LogP contribution in [0.4, 0.5) is 5.69 Å². The molecule has 0 heterocycles. The van der Waals surface area contributed by atoms with E-state index in [0.29, 0.717) is 6.42 Å². The molecule has 88 valence electrons. The number of nitrogens with zero attached hydrogens (tertiary/aromatic N) is 1. The molecule has 1 aromatic carbocycles. The third kappa shape index (κ3) is 2.73. The number of aryl methyl sites for hydroxylation is 1. The summed E-state index contributed by atoms with van der Waals surface area (Å²) in [6, 6.07) is 5.05. The minimum Gasteiger partial charge on any atom is -0.480 e. The van der Waals surface area contributed by atoms with Gasteiger partial charge in [-0.2, -0.15) is 0 Å². The van der Waals surface area contributed by atoms with Crippen molar-refractivity contribution in [1.82, 2.24) is 0 Å². The lowest BCUT2D eigenvalue weighted by molar-refractivity contribution is -0.138. The van der Waals surface area contributed by atoms with E-state index in [4.69, 9.17) is 10.8 Å². The molecule has 16 heavy (non-hydrogen) atoms. The largest absolute Gasteiger partial charge is 0.480 e. The van der Waals surface area contributed by atoms with Gasteiger partial charge in [0.25, 0.3) is 0 Å². The van der Waals surface area contributed by atoms with Crippen LogP contribution in [0.3, 0.4) is 0 Å². The van der Waals surface area contributed by atoms with E-state index in [2.05, 4.69) is 0 Å². The number of rotatable bonds is 4. The van der Waals surface area contributed by atoms with Gasteiger partial charge < -0.3 is 15.7 Å². The van der Waals surface area contributed by atoms with Crippen LogP contribution in [0, 0.1) is 6.92 Å². The maximum atomic E-state index is 10.8. The van der Waals surface area contributed by atoms with Gasteiger partial charge in [0.05, 0.1) is 0 Å². The zero-order valence-corrected chi connectivity index (χ0v) is 9.90. The number of hydrogen-bond donors (Lipinski definition) is 2. The molecule has 3 N–H and O–H groups in total. The molecular formula is C12H18N2O2. The standard InChI is InChI=1S/C12H18N2O2/c1-8-5-4-6-11(14(2)3)9(8)7-10(13)12(15)16/h4-6,10H,7,13H2,1-3H3,(H,15,16). The normalized spacial score (nSPS) is 12.2. The fourth-order valence-corrected chi connectivity index (χ4v) is 1.68. The quantitative estimate of drug-likeness (QED) is 0.798. The first-order valence-electron chi connectivity index (χ1n) is 5.17. The fraction of sp³-hybridized carbons (Fsp3) is 0.417. The SMILES string of the molecule is Cc1cccc(N(C)C)c1CC(N)C(=O)O. The Balaban J connectivity index is 3.06. The van der Waals surface area contributed by atoms with Crippen molar-refractivity contribution in [3.8, 4) is 0 Å². The average molecular weight is 222 g/mol. The number of benzene rings is 1. The summed E-state index contributed by atoms with van der Waals surface area (Å²) in [5.74, 6) is -0.965. The van der Waals surface area contributed by atoms with Gasteiger partial charge in [-0.1, -0.05) is 12.1 Å². The molecule has 0 spiro atoms. The number of carbonyl (C=O) groups is 1. The predicted molar refractivity (Wildman–Crippen MR) is 64.8 cm³/mol. The van der Waals surface area contributed by atoms with Gasteiger partial charge in [0.2, 0.25) is 0 Å². The van der Waals surface area contributed by atoms with Crippen molar-refractivity contribution in [1.29, 1.82) is 0 Å². The lowest BCUT2D eigenvalue weighted by atomic mass is 9.99. The van der Waals surface area contributed by atoms with E-state index < -0.39 is 12.0 Å². The van der Waals surface area contributed by atoms with Gasteiger partial charge in [-0.05, 0) is 24.1 Å². The molecule has 0 amide bonds. The maximum Gasteiger partial charge on any atom is 0.320 e. The summed E-state index contributed by atoms with van der Waals surface area (Å²) >= 11 is 0. The molecule has 1 aromatic rings. The van der Waals surface area contributed by atoms with E-state index in [1.54, 1.807) is 0 Å². The molecule has 4 heteroatoms. The number of aliphatic carboxylic acids is 1. The Hall–Kier alpha value is -1.55. The molecule has 4 nitrogen and oxygen atoms in total. The summed E-state index contributed by atoms with van der Waals surface area (Å²) < 4.78 is 0. The summed E-state index contributed by atoms with van der Waals surface area (Å²) in [4.78, 5) is 12.7. The van der Waals surface area contributed by atoms with Crippen LogP contribution in [0.25, 0.3) is 0 Å². The second kappa shape index (κ2) is 4.99. The zero-order valence-electron chi connectivity index (χ0n) is 9.90.